The first kappa shape index (κ1) is 12.8. The van der Waals surface area contributed by atoms with E-state index in [1.54, 1.807) is 11.3 Å². The Labute approximate surface area is 117 Å². The number of nitrogens with zero attached hydrogens (tertiary/aromatic N) is 1. The van der Waals surface area contributed by atoms with E-state index in [4.69, 9.17) is 5.73 Å². The first-order chi connectivity index (χ1) is 9.24. The number of thiazole rings is 1. The molecule has 1 saturated carbocycles. The molecule has 2 aromatic rings. The zero-order valence-corrected chi connectivity index (χ0v) is 11.9. The summed E-state index contributed by atoms with van der Waals surface area (Å²) in [6.45, 7) is 2.82. The van der Waals surface area contributed by atoms with Gasteiger partial charge in [-0.25, -0.2) is 4.98 Å². The minimum Gasteiger partial charge on any atom is -0.322 e. The molecule has 0 amide bonds. The molecule has 4 heteroatoms. The predicted octanol–water partition coefficient (Wildman–Crippen LogP) is 2.81. The molecule has 0 spiro atoms. The average Bonchev–Trinajstić information content (AvgIpc) is 3.05. The minimum atomic E-state index is 0.0387. The van der Waals surface area contributed by atoms with E-state index in [0.29, 0.717) is 12.0 Å². The Morgan fingerprint density at radius 2 is 2.21 bits per heavy atom. The fraction of sp³-hybridized carbons (Fsp3) is 0.400. The predicted molar refractivity (Wildman–Crippen MR) is 79.1 cm³/mol. The molecule has 0 bridgehead atoms. The van der Waals surface area contributed by atoms with Crippen molar-refractivity contribution in [2.24, 2.45) is 5.73 Å². The van der Waals surface area contributed by atoms with Crippen LogP contribution < -0.4 is 11.1 Å². The Hall–Kier alpha value is -1.23. The second kappa shape index (κ2) is 5.41. The summed E-state index contributed by atoms with van der Waals surface area (Å²) >= 11 is 1.65. The molecule has 1 aliphatic carbocycles. The fourth-order valence-electron chi connectivity index (χ4n) is 2.34. The van der Waals surface area contributed by atoms with Crippen molar-refractivity contribution < 1.29 is 0 Å². The third-order valence-electron chi connectivity index (χ3n) is 3.52. The van der Waals surface area contributed by atoms with E-state index >= 15 is 0 Å². The zero-order chi connectivity index (χ0) is 13.2. The van der Waals surface area contributed by atoms with Crippen LogP contribution in [-0.2, 0) is 6.54 Å². The lowest BCUT2D eigenvalue weighted by Gasteiger charge is -2.02. The number of benzene rings is 1. The van der Waals surface area contributed by atoms with E-state index in [9.17, 15) is 0 Å². The number of aromatic nitrogens is 1. The Morgan fingerprint density at radius 1 is 1.42 bits per heavy atom. The summed E-state index contributed by atoms with van der Waals surface area (Å²) in [4.78, 5) is 4.54. The van der Waals surface area contributed by atoms with Crippen LogP contribution in [0.2, 0.25) is 0 Å². The molecule has 19 heavy (non-hydrogen) atoms. The smallest absolute Gasteiger partial charge is 0.109 e. The van der Waals surface area contributed by atoms with Crippen molar-refractivity contribution in [3.63, 3.8) is 0 Å². The number of nitrogens with one attached hydrogen (secondary N) is 1. The van der Waals surface area contributed by atoms with Crippen LogP contribution in [0.4, 0.5) is 0 Å². The molecule has 3 nitrogen and oxygen atoms in total. The van der Waals surface area contributed by atoms with Gasteiger partial charge in [-0.3, -0.25) is 0 Å². The molecule has 3 atom stereocenters. The van der Waals surface area contributed by atoms with Gasteiger partial charge in [-0.2, -0.15) is 0 Å². The van der Waals surface area contributed by atoms with Crippen molar-refractivity contribution in [1.29, 1.82) is 0 Å². The monoisotopic (exact) mass is 273 g/mol. The number of nitrogens with two attached hydrogens (primary N) is 1. The molecule has 3 N–H and O–H groups in total. The van der Waals surface area contributed by atoms with E-state index in [-0.39, 0.29) is 6.04 Å². The molecule has 1 aromatic carbocycles. The third-order valence-corrected chi connectivity index (χ3v) is 4.62. The maximum Gasteiger partial charge on any atom is 0.109 e. The molecule has 0 radical (unpaired) electrons. The van der Waals surface area contributed by atoms with Crippen LogP contribution in [0.1, 0.15) is 41.6 Å². The molecule has 1 aliphatic rings. The summed E-state index contributed by atoms with van der Waals surface area (Å²) in [5.74, 6) is 0.674. The molecule has 100 valence electrons. The van der Waals surface area contributed by atoms with E-state index in [1.165, 1.54) is 12.0 Å². The van der Waals surface area contributed by atoms with Gasteiger partial charge in [0, 0.05) is 23.9 Å². The summed E-state index contributed by atoms with van der Waals surface area (Å²) in [5, 5.41) is 6.70. The second-order valence-electron chi connectivity index (χ2n) is 5.21. The van der Waals surface area contributed by atoms with Crippen LogP contribution in [0.25, 0.3) is 0 Å². The van der Waals surface area contributed by atoms with Crippen molar-refractivity contribution in [3.05, 3.63) is 52.0 Å². The van der Waals surface area contributed by atoms with Crippen molar-refractivity contribution in [1.82, 2.24) is 10.3 Å². The molecule has 3 rings (SSSR count). The number of hydrogen-bond acceptors (Lipinski definition) is 4. The van der Waals surface area contributed by atoms with E-state index < -0.39 is 0 Å². The fourth-order valence-corrected chi connectivity index (χ4v) is 3.12. The third kappa shape index (κ3) is 3.03. The largest absolute Gasteiger partial charge is 0.322 e. The van der Waals surface area contributed by atoms with Gasteiger partial charge in [0.15, 0.2) is 0 Å². The summed E-state index contributed by atoms with van der Waals surface area (Å²) in [6, 6.07) is 11.4. The maximum absolute atomic E-state index is 5.82. The topological polar surface area (TPSA) is 50.9 Å². The first-order valence-corrected chi connectivity index (χ1v) is 7.60. The van der Waals surface area contributed by atoms with Gasteiger partial charge in [-0.15, -0.1) is 11.3 Å². The van der Waals surface area contributed by atoms with Crippen LogP contribution >= 0.6 is 11.3 Å². The summed E-state index contributed by atoms with van der Waals surface area (Å²) < 4.78 is 0. The zero-order valence-electron chi connectivity index (χ0n) is 11.0. The molecule has 0 aliphatic heterocycles. The minimum absolute atomic E-state index is 0.0387. The number of rotatable bonds is 5. The normalized spacial score (nSPS) is 23.3. The van der Waals surface area contributed by atoms with Crippen molar-refractivity contribution >= 4 is 11.3 Å². The van der Waals surface area contributed by atoms with Crippen LogP contribution in [0.15, 0.2) is 35.7 Å². The van der Waals surface area contributed by atoms with Gasteiger partial charge in [0.25, 0.3) is 0 Å². The van der Waals surface area contributed by atoms with Crippen LogP contribution in [-0.4, -0.2) is 11.0 Å². The van der Waals surface area contributed by atoms with Gasteiger partial charge < -0.3 is 11.1 Å². The molecule has 3 unspecified atom stereocenters. The lowest BCUT2D eigenvalue weighted by molar-refractivity contribution is 0.659. The van der Waals surface area contributed by atoms with E-state index in [0.717, 1.165) is 17.2 Å². The summed E-state index contributed by atoms with van der Waals surface area (Å²) in [7, 11) is 0. The average molecular weight is 273 g/mol. The van der Waals surface area contributed by atoms with E-state index in [2.05, 4.69) is 46.0 Å². The van der Waals surface area contributed by atoms with E-state index in [1.807, 2.05) is 6.92 Å². The Bertz CT molecular complexity index is 535. The van der Waals surface area contributed by atoms with Crippen molar-refractivity contribution in [2.45, 2.75) is 37.9 Å². The molecule has 0 saturated heterocycles. The molecule has 1 aromatic heterocycles. The highest BCUT2D eigenvalue weighted by molar-refractivity contribution is 7.09. The Kier molecular flexibility index (Phi) is 3.64. The molecule has 1 fully saturated rings. The van der Waals surface area contributed by atoms with Crippen molar-refractivity contribution in [2.75, 3.05) is 0 Å². The maximum atomic E-state index is 5.82. The Morgan fingerprint density at radius 3 is 2.89 bits per heavy atom. The first-order valence-electron chi connectivity index (χ1n) is 6.72. The lowest BCUT2D eigenvalue weighted by Crippen LogP contribution is -2.17. The number of hydrogen-bond donors (Lipinski definition) is 2. The SMILES string of the molecule is CC(N)c1nc(CNC2CC2c2ccccc2)cs1. The molecule has 1 heterocycles. The van der Waals surface area contributed by atoms with Gasteiger partial charge in [0.05, 0.1) is 11.7 Å². The van der Waals surface area contributed by atoms with Gasteiger partial charge in [0.1, 0.15) is 5.01 Å². The van der Waals surface area contributed by atoms with Crippen LogP contribution in [0.5, 0.6) is 0 Å². The van der Waals surface area contributed by atoms with Crippen molar-refractivity contribution in [3.8, 4) is 0 Å². The van der Waals surface area contributed by atoms with Gasteiger partial charge in [0.2, 0.25) is 0 Å². The van der Waals surface area contributed by atoms with Crippen LogP contribution in [0, 0.1) is 0 Å². The lowest BCUT2D eigenvalue weighted by atomic mass is 10.1. The van der Waals surface area contributed by atoms with Gasteiger partial charge in [-0.05, 0) is 18.9 Å². The Balaban J connectivity index is 1.51. The second-order valence-corrected chi connectivity index (χ2v) is 6.10. The van der Waals surface area contributed by atoms with Crippen LogP contribution in [0.3, 0.4) is 0 Å². The molecular formula is C15H19N3S. The highest BCUT2D eigenvalue weighted by Gasteiger charge is 2.37. The standard InChI is InChI=1S/C15H19N3S/c1-10(16)15-18-12(9-19-15)8-17-14-7-13(14)11-5-3-2-4-6-11/h2-6,9-10,13-14,17H,7-8,16H2,1H3. The quantitative estimate of drug-likeness (QED) is 0.880. The highest BCUT2D eigenvalue weighted by atomic mass is 32.1. The molecular weight excluding hydrogens is 254 g/mol. The highest BCUT2D eigenvalue weighted by Crippen LogP contribution is 2.40. The summed E-state index contributed by atoms with van der Waals surface area (Å²) in [6.07, 6.45) is 1.23. The van der Waals surface area contributed by atoms with Gasteiger partial charge >= 0.3 is 0 Å². The summed E-state index contributed by atoms with van der Waals surface area (Å²) in [5.41, 5.74) is 8.37. The van der Waals surface area contributed by atoms with Gasteiger partial charge in [-0.1, -0.05) is 30.3 Å².